The van der Waals surface area contributed by atoms with Crippen LogP contribution in [-0.2, 0) is 43.0 Å². The van der Waals surface area contributed by atoms with Crippen LogP contribution in [0.25, 0.3) is 0 Å². The van der Waals surface area contributed by atoms with E-state index in [2.05, 4.69) is 31.9 Å². The second kappa shape index (κ2) is 23.9. The summed E-state index contributed by atoms with van der Waals surface area (Å²) >= 11 is 0. The fourth-order valence-electron chi connectivity index (χ4n) is 5.78. The van der Waals surface area contributed by atoms with E-state index in [0.717, 1.165) is 0 Å². The summed E-state index contributed by atoms with van der Waals surface area (Å²) in [5.41, 5.74) is 4.48. The van der Waals surface area contributed by atoms with E-state index >= 15 is 0 Å². The zero-order valence-corrected chi connectivity index (χ0v) is 34.5. The van der Waals surface area contributed by atoms with Gasteiger partial charge in [0.05, 0.1) is 19.3 Å². The van der Waals surface area contributed by atoms with Crippen LogP contribution in [0.2, 0.25) is 0 Å². The Morgan fingerprint density at radius 3 is 1.76 bits per heavy atom. The molecule has 6 amide bonds. The summed E-state index contributed by atoms with van der Waals surface area (Å²) in [6.45, 7) is 17.6. The number of nitrogens with two attached hydrogens (primary N) is 1. The lowest BCUT2D eigenvalue weighted by atomic mass is 9.98. The third-order valence-electron chi connectivity index (χ3n) is 8.72. The first kappa shape index (κ1) is 49.2. The van der Waals surface area contributed by atoms with E-state index < -0.39 is 83.2 Å². The van der Waals surface area contributed by atoms with Gasteiger partial charge in [0.15, 0.2) is 6.04 Å². The van der Waals surface area contributed by atoms with E-state index in [1.807, 2.05) is 55.4 Å². The van der Waals surface area contributed by atoms with Crippen molar-refractivity contribution in [3.8, 4) is 0 Å². The van der Waals surface area contributed by atoms with Gasteiger partial charge in [0.25, 0.3) is 0 Å². The fourth-order valence-corrected chi connectivity index (χ4v) is 5.78. The summed E-state index contributed by atoms with van der Waals surface area (Å²) < 4.78 is 11.3. The van der Waals surface area contributed by atoms with Crippen molar-refractivity contribution in [1.29, 1.82) is 0 Å². The SMILES string of the molecule is CC(C)C[C@@H]1NC(=O)[C@H](CC(C)C)NC(=O)C(C)(C)NC(=O)[C@@H](NC(=O)[C@H](CC(C)C)NC(=O)[C@@H](N)CC(C)C)COCCCCOC[C@H](C(=O)O)NC1=O. The van der Waals surface area contributed by atoms with Gasteiger partial charge in [-0.3, -0.25) is 28.8 Å². The molecule has 6 atom stereocenters. The third kappa shape index (κ3) is 19.1. The van der Waals surface area contributed by atoms with Gasteiger partial charge < -0.3 is 52.2 Å². The van der Waals surface area contributed by atoms with Crippen LogP contribution in [0.1, 0.15) is 108 Å². The third-order valence-corrected chi connectivity index (χ3v) is 8.72. The molecule has 17 nitrogen and oxygen atoms in total. The van der Waals surface area contributed by atoms with E-state index in [9.17, 15) is 38.7 Å². The van der Waals surface area contributed by atoms with Gasteiger partial charge >= 0.3 is 5.97 Å². The summed E-state index contributed by atoms with van der Waals surface area (Å²) in [6.07, 6.45) is 1.93. The lowest BCUT2D eigenvalue weighted by molar-refractivity contribution is -0.144. The quantitative estimate of drug-likeness (QED) is 0.129. The van der Waals surface area contributed by atoms with Crippen molar-refractivity contribution in [3.63, 3.8) is 0 Å². The molecular weight excluding hydrogens is 714 g/mol. The molecule has 316 valence electrons. The normalized spacial score (nSPS) is 23.8. The van der Waals surface area contributed by atoms with Gasteiger partial charge in [-0.25, -0.2) is 4.79 Å². The topological polar surface area (TPSA) is 256 Å². The molecular formula is C38H69N7O10. The number of carboxylic acid groups (broad SMARTS) is 1. The lowest BCUT2D eigenvalue weighted by Gasteiger charge is -2.31. The highest BCUT2D eigenvalue weighted by atomic mass is 16.5. The van der Waals surface area contributed by atoms with Crippen molar-refractivity contribution in [2.24, 2.45) is 29.4 Å². The molecule has 0 aromatic heterocycles. The molecule has 0 unspecified atom stereocenters. The molecule has 0 bridgehead atoms. The van der Waals surface area contributed by atoms with Crippen LogP contribution in [0.3, 0.4) is 0 Å². The number of nitrogens with one attached hydrogen (secondary N) is 6. The van der Waals surface area contributed by atoms with Gasteiger partial charge in [0.2, 0.25) is 35.4 Å². The molecule has 9 N–H and O–H groups in total. The largest absolute Gasteiger partial charge is 0.480 e. The summed E-state index contributed by atoms with van der Waals surface area (Å²) in [4.78, 5) is 93.2. The van der Waals surface area contributed by atoms with E-state index in [0.29, 0.717) is 19.3 Å². The van der Waals surface area contributed by atoms with Gasteiger partial charge in [0, 0.05) is 13.2 Å². The Morgan fingerprint density at radius 2 is 1.25 bits per heavy atom. The van der Waals surface area contributed by atoms with Crippen LogP contribution in [0.4, 0.5) is 0 Å². The van der Waals surface area contributed by atoms with Crippen molar-refractivity contribution >= 4 is 41.4 Å². The Kier molecular flexibility index (Phi) is 21.4. The van der Waals surface area contributed by atoms with E-state index in [-0.39, 0.29) is 69.4 Å². The fraction of sp³-hybridized carbons (Fsp3) is 0.816. The smallest absolute Gasteiger partial charge is 0.328 e. The number of hydrogen-bond donors (Lipinski definition) is 8. The maximum absolute atomic E-state index is 13.8. The van der Waals surface area contributed by atoms with E-state index in [4.69, 9.17) is 15.2 Å². The van der Waals surface area contributed by atoms with E-state index in [1.165, 1.54) is 13.8 Å². The van der Waals surface area contributed by atoms with Crippen molar-refractivity contribution in [2.75, 3.05) is 26.4 Å². The molecule has 0 aliphatic carbocycles. The summed E-state index contributed by atoms with van der Waals surface area (Å²) in [5, 5.41) is 25.7. The van der Waals surface area contributed by atoms with E-state index in [1.54, 1.807) is 0 Å². The van der Waals surface area contributed by atoms with Crippen LogP contribution < -0.4 is 37.6 Å². The molecule has 0 spiro atoms. The van der Waals surface area contributed by atoms with Gasteiger partial charge in [-0.1, -0.05) is 55.4 Å². The summed E-state index contributed by atoms with van der Waals surface area (Å²) in [7, 11) is 0. The number of carboxylic acids is 1. The van der Waals surface area contributed by atoms with Crippen LogP contribution in [0.5, 0.6) is 0 Å². The monoisotopic (exact) mass is 784 g/mol. The average molecular weight is 784 g/mol. The first-order valence-electron chi connectivity index (χ1n) is 19.5. The van der Waals surface area contributed by atoms with Gasteiger partial charge in [-0.2, -0.15) is 0 Å². The molecule has 1 aliphatic rings. The van der Waals surface area contributed by atoms with Crippen molar-refractivity contribution < 1.29 is 48.1 Å². The van der Waals surface area contributed by atoms with Crippen LogP contribution >= 0.6 is 0 Å². The first-order valence-corrected chi connectivity index (χ1v) is 19.5. The molecule has 55 heavy (non-hydrogen) atoms. The standard InChI is InChI=1S/C38H69N7O10/c1-21(2)15-25(39)31(46)40-26(16-22(3)4)32(47)42-29-19-54-13-11-12-14-55-20-30(36(51)52)43-33(48)27(17-23(5)6)41-34(49)28(18-24(7)8)44-37(53)38(9,10)45-35(29)50/h21-30H,11-20,39H2,1-10H3,(H,40,46)(H,41,49)(H,42,47)(H,43,48)(H,44,53)(H,45,50)(H,51,52)/t25-,26-,27-,28-,29-,30+/m0/s1. The highest BCUT2D eigenvalue weighted by molar-refractivity contribution is 5.98. The van der Waals surface area contributed by atoms with Crippen molar-refractivity contribution in [1.82, 2.24) is 31.9 Å². The molecule has 1 heterocycles. The number of amides is 6. The molecule has 0 aromatic carbocycles. The van der Waals surface area contributed by atoms with Gasteiger partial charge in [0.1, 0.15) is 29.7 Å². The summed E-state index contributed by atoms with van der Waals surface area (Å²) in [5.74, 6) is -5.26. The second-order valence-electron chi connectivity index (χ2n) is 16.7. The van der Waals surface area contributed by atoms with Crippen molar-refractivity contribution in [2.45, 2.75) is 150 Å². The summed E-state index contributed by atoms with van der Waals surface area (Å²) in [6, 6.07) is -6.75. The lowest BCUT2D eigenvalue weighted by Crippen LogP contribution is -2.64. The van der Waals surface area contributed by atoms with Gasteiger partial charge in [-0.05, 0) is 76.0 Å². The number of rotatable bonds is 13. The number of ether oxygens (including phenoxy) is 2. The molecule has 0 aromatic rings. The number of aliphatic carboxylic acids is 1. The predicted molar refractivity (Wildman–Crippen MR) is 206 cm³/mol. The Bertz CT molecular complexity index is 1290. The molecule has 1 saturated heterocycles. The minimum absolute atomic E-state index is 0.00768. The highest BCUT2D eigenvalue weighted by Crippen LogP contribution is 2.13. The molecule has 0 radical (unpaired) electrons. The Balaban J connectivity index is 3.45. The maximum atomic E-state index is 13.8. The average Bonchev–Trinajstić information content (AvgIpc) is 3.05. The Labute approximate surface area is 326 Å². The number of carbonyl (C=O) groups is 7. The molecule has 1 aliphatic heterocycles. The Hall–Kier alpha value is -3.83. The number of carbonyl (C=O) groups excluding carboxylic acids is 6. The Morgan fingerprint density at radius 1 is 0.745 bits per heavy atom. The van der Waals surface area contributed by atoms with Crippen LogP contribution in [0, 0.1) is 23.7 Å². The molecule has 0 saturated carbocycles. The van der Waals surface area contributed by atoms with Crippen molar-refractivity contribution in [3.05, 3.63) is 0 Å². The maximum Gasteiger partial charge on any atom is 0.328 e. The molecule has 17 heteroatoms. The first-order chi connectivity index (χ1) is 25.5. The minimum Gasteiger partial charge on any atom is -0.480 e. The van der Waals surface area contributed by atoms with Gasteiger partial charge in [-0.15, -0.1) is 0 Å². The predicted octanol–water partition coefficient (Wildman–Crippen LogP) is 0.729. The van der Waals surface area contributed by atoms with Crippen LogP contribution in [-0.4, -0.2) is 115 Å². The zero-order chi connectivity index (χ0) is 42.0. The van der Waals surface area contributed by atoms with Crippen LogP contribution in [0.15, 0.2) is 0 Å². The molecule has 1 fully saturated rings. The second-order valence-corrected chi connectivity index (χ2v) is 16.7. The molecule has 1 rings (SSSR count). The number of hydrogen-bond acceptors (Lipinski definition) is 10. The highest BCUT2D eigenvalue weighted by Gasteiger charge is 2.37. The minimum atomic E-state index is -1.61. The zero-order valence-electron chi connectivity index (χ0n) is 34.5.